The van der Waals surface area contributed by atoms with Gasteiger partial charge in [0.1, 0.15) is 12.1 Å². The Morgan fingerprint density at radius 1 is 1.13 bits per heavy atom. The summed E-state index contributed by atoms with van der Waals surface area (Å²) in [6.45, 7) is 0.189. The SMILES string of the molecule is C.N[C@@H](CC(=O)N1CC[C@H]2CN(C(=O)C(F)(F)F)C[C@H]21)Cc1cc(F)c(F)cc1F.O=CO/C=C/C(=O)O. The van der Waals surface area contributed by atoms with Crippen molar-refractivity contribution >= 4 is 24.3 Å². The molecule has 0 unspecified atom stereocenters. The van der Waals surface area contributed by atoms with E-state index in [0.717, 1.165) is 6.26 Å². The number of nitrogens with zero attached hydrogens (tertiary/aromatic N) is 2. The maximum Gasteiger partial charge on any atom is 0.471 e. The molecular formula is C23H27F6N3O6. The van der Waals surface area contributed by atoms with Crippen LogP contribution in [0.3, 0.4) is 0 Å². The molecule has 2 aliphatic rings. The fourth-order valence-electron chi connectivity index (χ4n) is 4.16. The number of hydrogen-bond acceptors (Lipinski definition) is 6. The van der Waals surface area contributed by atoms with E-state index in [2.05, 4.69) is 4.74 Å². The molecule has 2 amide bonds. The molecule has 1 aromatic carbocycles. The highest BCUT2D eigenvalue weighted by molar-refractivity contribution is 5.83. The van der Waals surface area contributed by atoms with Gasteiger partial charge in [0.15, 0.2) is 11.6 Å². The van der Waals surface area contributed by atoms with E-state index in [0.29, 0.717) is 36.1 Å². The molecule has 9 nitrogen and oxygen atoms in total. The summed E-state index contributed by atoms with van der Waals surface area (Å²) in [5.74, 6) is -7.30. The van der Waals surface area contributed by atoms with Crippen LogP contribution in [0.4, 0.5) is 26.3 Å². The monoisotopic (exact) mass is 555 g/mol. The number of carbonyl (C=O) groups excluding carboxylic acids is 3. The number of amides is 2. The van der Waals surface area contributed by atoms with Crippen molar-refractivity contribution in [3.8, 4) is 0 Å². The molecule has 2 saturated heterocycles. The van der Waals surface area contributed by atoms with Crippen molar-refractivity contribution in [1.29, 1.82) is 0 Å². The van der Waals surface area contributed by atoms with Gasteiger partial charge in [-0.25, -0.2) is 18.0 Å². The summed E-state index contributed by atoms with van der Waals surface area (Å²) in [5.41, 5.74) is 5.68. The molecule has 0 spiro atoms. The van der Waals surface area contributed by atoms with Crippen LogP contribution in [0.1, 0.15) is 25.8 Å². The van der Waals surface area contributed by atoms with Gasteiger partial charge >= 0.3 is 18.1 Å². The second kappa shape index (κ2) is 13.8. The molecule has 0 radical (unpaired) electrons. The van der Waals surface area contributed by atoms with Gasteiger partial charge in [0, 0.05) is 44.1 Å². The van der Waals surface area contributed by atoms with Crippen molar-refractivity contribution in [3.05, 3.63) is 47.5 Å². The van der Waals surface area contributed by atoms with Crippen LogP contribution in [-0.2, 0) is 30.3 Å². The van der Waals surface area contributed by atoms with Gasteiger partial charge in [0.25, 0.3) is 6.47 Å². The summed E-state index contributed by atoms with van der Waals surface area (Å²) >= 11 is 0. The molecule has 3 atom stereocenters. The number of benzene rings is 1. The number of carboxylic acids is 1. The van der Waals surface area contributed by atoms with Crippen LogP contribution in [0.25, 0.3) is 0 Å². The average Bonchev–Trinajstić information content (AvgIpc) is 3.37. The smallest absolute Gasteiger partial charge is 0.471 e. The van der Waals surface area contributed by atoms with Crippen LogP contribution < -0.4 is 5.73 Å². The molecule has 1 aromatic rings. The molecule has 0 saturated carbocycles. The fraction of sp³-hybridized carbons (Fsp3) is 0.478. The topological polar surface area (TPSA) is 130 Å². The molecular weight excluding hydrogens is 528 g/mol. The lowest BCUT2D eigenvalue weighted by molar-refractivity contribution is -0.184. The van der Waals surface area contributed by atoms with Gasteiger partial charge in [-0.3, -0.25) is 14.4 Å². The van der Waals surface area contributed by atoms with E-state index < -0.39 is 53.5 Å². The van der Waals surface area contributed by atoms with Gasteiger partial charge in [-0.2, -0.15) is 13.2 Å². The molecule has 15 heteroatoms. The summed E-state index contributed by atoms with van der Waals surface area (Å²) in [7, 11) is 0. The van der Waals surface area contributed by atoms with Gasteiger partial charge in [0.2, 0.25) is 5.91 Å². The zero-order valence-corrected chi connectivity index (χ0v) is 19.1. The predicted molar refractivity (Wildman–Crippen MR) is 120 cm³/mol. The van der Waals surface area contributed by atoms with E-state index in [1.165, 1.54) is 4.90 Å². The number of alkyl halides is 3. The van der Waals surface area contributed by atoms with Crippen molar-refractivity contribution in [1.82, 2.24) is 9.80 Å². The first-order valence-corrected chi connectivity index (χ1v) is 10.8. The standard InChI is InChI=1S/C18H19F6N3O2.C4H4O4.CH4/c19-12-6-14(21)13(20)4-10(12)3-11(25)5-16(28)27-2-1-9-7-26(8-15(9)27)17(29)18(22,23)24;5-3-8-2-1-4(6)7;/h4,6,9,11,15H,1-3,5,7-8,25H2;1-3H,(H,6,7);1H4/b;2-1+;/t9-,11+,15+;;/m0../s1. The number of aliphatic carboxylic acids is 1. The van der Waals surface area contributed by atoms with Crippen molar-refractivity contribution in [3.63, 3.8) is 0 Å². The van der Waals surface area contributed by atoms with Gasteiger partial charge in [-0.1, -0.05) is 7.43 Å². The predicted octanol–water partition coefficient (Wildman–Crippen LogP) is 2.38. The van der Waals surface area contributed by atoms with Crippen molar-refractivity contribution in [2.75, 3.05) is 19.6 Å². The van der Waals surface area contributed by atoms with E-state index in [9.17, 15) is 45.5 Å². The number of ether oxygens (including phenoxy) is 1. The molecule has 2 fully saturated rings. The zero-order valence-electron chi connectivity index (χ0n) is 19.1. The maximum absolute atomic E-state index is 13.7. The minimum Gasteiger partial charge on any atom is -0.478 e. The largest absolute Gasteiger partial charge is 0.478 e. The molecule has 0 bridgehead atoms. The molecule has 0 aromatic heterocycles. The average molecular weight is 555 g/mol. The lowest BCUT2D eigenvalue weighted by Crippen LogP contribution is -2.45. The second-order valence-electron chi connectivity index (χ2n) is 8.31. The van der Waals surface area contributed by atoms with Gasteiger partial charge < -0.3 is 25.4 Å². The van der Waals surface area contributed by atoms with Crippen LogP contribution in [0.15, 0.2) is 24.5 Å². The first-order chi connectivity index (χ1) is 17.2. The molecule has 2 aliphatic heterocycles. The third kappa shape index (κ3) is 8.75. The highest BCUT2D eigenvalue weighted by atomic mass is 19.4. The Kier molecular flexibility index (Phi) is 11.8. The van der Waals surface area contributed by atoms with Crippen molar-refractivity contribution in [2.45, 2.75) is 44.9 Å². The molecule has 3 rings (SSSR count). The second-order valence-corrected chi connectivity index (χ2v) is 8.31. The number of carboxylic acid groups (broad SMARTS) is 1. The first kappa shape index (κ1) is 32.4. The minimum absolute atomic E-state index is 0. The summed E-state index contributed by atoms with van der Waals surface area (Å²) in [4.78, 5) is 45.0. The third-order valence-electron chi connectivity index (χ3n) is 5.75. The number of likely N-dealkylation sites (tertiary alicyclic amines) is 2. The Hall–Kier alpha value is -3.62. The van der Waals surface area contributed by atoms with Crippen LogP contribution >= 0.6 is 0 Å². The molecule has 3 N–H and O–H groups in total. The third-order valence-corrected chi connectivity index (χ3v) is 5.75. The highest BCUT2D eigenvalue weighted by Gasteiger charge is 2.50. The first-order valence-electron chi connectivity index (χ1n) is 10.8. The van der Waals surface area contributed by atoms with Gasteiger partial charge in [-0.15, -0.1) is 0 Å². The number of hydrogen-bond donors (Lipinski definition) is 2. The minimum atomic E-state index is -4.97. The lowest BCUT2D eigenvalue weighted by Gasteiger charge is -2.26. The van der Waals surface area contributed by atoms with Crippen LogP contribution in [0.5, 0.6) is 0 Å². The Morgan fingerprint density at radius 2 is 1.76 bits per heavy atom. The van der Waals surface area contributed by atoms with Crippen molar-refractivity contribution < 1.29 is 55.4 Å². The van der Waals surface area contributed by atoms with E-state index in [4.69, 9.17) is 10.8 Å². The molecule has 212 valence electrons. The Bertz CT molecular complexity index is 1050. The normalized spacial score (nSPS) is 19.2. The lowest BCUT2D eigenvalue weighted by atomic mass is 10.0. The number of rotatable bonds is 7. The summed E-state index contributed by atoms with van der Waals surface area (Å²) in [6, 6.07) is -0.343. The van der Waals surface area contributed by atoms with E-state index >= 15 is 0 Å². The van der Waals surface area contributed by atoms with Crippen LogP contribution in [0, 0.1) is 23.4 Å². The fourth-order valence-corrected chi connectivity index (χ4v) is 4.16. The highest BCUT2D eigenvalue weighted by Crippen LogP contribution is 2.34. The van der Waals surface area contributed by atoms with Crippen molar-refractivity contribution in [2.24, 2.45) is 11.7 Å². The van der Waals surface area contributed by atoms with E-state index in [1.54, 1.807) is 0 Å². The Morgan fingerprint density at radius 3 is 2.34 bits per heavy atom. The van der Waals surface area contributed by atoms with E-state index in [-0.39, 0.29) is 51.3 Å². The maximum atomic E-state index is 13.7. The van der Waals surface area contributed by atoms with Crippen LogP contribution in [0.2, 0.25) is 0 Å². The molecule has 38 heavy (non-hydrogen) atoms. The number of nitrogens with two attached hydrogens (primary N) is 1. The van der Waals surface area contributed by atoms with Gasteiger partial charge in [0.05, 0.1) is 12.1 Å². The quantitative estimate of drug-likeness (QED) is 0.174. The summed E-state index contributed by atoms with van der Waals surface area (Å²) in [5, 5.41) is 7.86. The molecule has 2 heterocycles. The summed E-state index contributed by atoms with van der Waals surface area (Å²) in [6.07, 6.45) is -3.45. The number of carbonyl (C=O) groups is 4. The number of fused-ring (bicyclic) bond motifs is 1. The molecule has 0 aliphatic carbocycles. The Labute approximate surface area is 213 Å². The van der Waals surface area contributed by atoms with E-state index in [1.807, 2.05) is 0 Å². The number of halogens is 6. The summed E-state index contributed by atoms with van der Waals surface area (Å²) < 4.78 is 81.8. The Balaban J connectivity index is 0.000000699. The zero-order chi connectivity index (χ0) is 27.9. The van der Waals surface area contributed by atoms with Crippen LogP contribution in [-0.4, -0.2) is 77.1 Å². The van der Waals surface area contributed by atoms with Gasteiger partial charge in [-0.05, 0) is 24.5 Å².